The molecular formula is C18H23F3N2O2. The van der Waals surface area contributed by atoms with E-state index in [0.717, 1.165) is 12.1 Å². The number of alkyl halides is 3. The molecule has 0 aliphatic carbocycles. The summed E-state index contributed by atoms with van der Waals surface area (Å²) in [6, 6.07) is 4.59. The molecule has 0 saturated carbocycles. The Labute approximate surface area is 145 Å². The number of carbonyl (C=O) groups is 2. The van der Waals surface area contributed by atoms with Crippen LogP contribution in [-0.4, -0.2) is 29.8 Å². The number of anilines is 1. The third-order valence-electron chi connectivity index (χ3n) is 4.25. The summed E-state index contributed by atoms with van der Waals surface area (Å²) in [4.78, 5) is 26.3. The Morgan fingerprint density at radius 3 is 2.24 bits per heavy atom. The number of hydrogen-bond acceptors (Lipinski definition) is 2. The lowest BCUT2D eigenvalue weighted by Gasteiger charge is -2.35. The zero-order valence-electron chi connectivity index (χ0n) is 14.6. The maximum absolute atomic E-state index is 12.7. The summed E-state index contributed by atoms with van der Waals surface area (Å²) in [5.74, 6) is -0.565. The van der Waals surface area contributed by atoms with Gasteiger partial charge in [-0.3, -0.25) is 9.59 Å². The molecule has 1 aromatic rings. The van der Waals surface area contributed by atoms with E-state index in [1.807, 2.05) is 20.8 Å². The molecule has 1 aliphatic heterocycles. The molecule has 2 rings (SSSR count). The van der Waals surface area contributed by atoms with Crippen molar-refractivity contribution in [2.75, 3.05) is 18.4 Å². The van der Waals surface area contributed by atoms with Crippen LogP contribution in [0.3, 0.4) is 0 Å². The molecule has 0 aromatic heterocycles. The molecule has 1 aliphatic rings. The molecule has 25 heavy (non-hydrogen) atoms. The van der Waals surface area contributed by atoms with Crippen LogP contribution in [0.25, 0.3) is 0 Å². The molecule has 4 nitrogen and oxygen atoms in total. The molecule has 1 N–H and O–H groups in total. The third kappa shape index (κ3) is 4.96. The van der Waals surface area contributed by atoms with Crippen LogP contribution in [0.2, 0.25) is 0 Å². The maximum atomic E-state index is 12.7. The Hall–Kier alpha value is -2.05. The number of halogens is 3. The number of nitrogens with one attached hydrogen (secondary N) is 1. The van der Waals surface area contributed by atoms with Gasteiger partial charge in [-0.05, 0) is 31.0 Å². The largest absolute Gasteiger partial charge is 0.416 e. The first-order valence-electron chi connectivity index (χ1n) is 8.26. The van der Waals surface area contributed by atoms with E-state index in [9.17, 15) is 22.8 Å². The van der Waals surface area contributed by atoms with Crippen LogP contribution in [0.1, 0.15) is 39.2 Å². The van der Waals surface area contributed by atoms with Crippen LogP contribution in [0.15, 0.2) is 24.3 Å². The fourth-order valence-electron chi connectivity index (χ4n) is 2.84. The highest BCUT2D eigenvalue weighted by Crippen LogP contribution is 2.31. The predicted molar refractivity (Wildman–Crippen MR) is 88.8 cm³/mol. The van der Waals surface area contributed by atoms with Gasteiger partial charge in [0.15, 0.2) is 0 Å². The van der Waals surface area contributed by atoms with E-state index in [1.165, 1.54) is 12.1 Å². The Morgan fingerprint density at radius 1 is 1.12 bits per heavy atom. The molecule has 7 heteroatoms. The van der Waals surface area contributed by atoms with Crippen LogP contribution in [0, 0.1) is 11.3 Å². The number of nitrogens with zero attached hydrogens (tertiary/aromatic N) is 1. The Bertz CT molecular complexity index is 642. The van der Waals surface area contributed by atoms with Gasteiger partial charge in [0.1, 0.15) is 0 Å². The first kappa shape index (κ1) is 19.3. The van der Waals surface area contributed by atoms with Gasteiger partial charge in [0.2, 0.25) is 11.8 Å². The average molecular weight is 356 g/mol. The second-order valence-electron chi connectivity index (χ2n) is 7.38. The molecule has 0 radical (unpaired) electrons. The molecule has 0 atom stereocenters. The third-order valence-corrected chi connectivity index (χ3v) is 4.25. The van der Waals surface area contributed by atoms with Crippen molar-refractivity contribution >= 4 is 17.5 Å². The quantitative estimate of drug-likeness (QED) is 0.873. The van der Waals surface area contributed by atoms with Gasteiger partial charge in [0.25, 0.3) is 0 Å². The number of benzene rings is 1. The van der Waals surface area contributed by atoms with Crippen LogP contribution in [-0.2, 0) is 15.8 Å². The Balaban J connectivity index is 1.94. The Kier molecular flexibility index (Phi) is 5.44. The van der Waals surface area contributed by atoms with Gasteiger partial charge in [0.05, 0.1) is 5.56 Å². The van der Waals surface area contributed by atoms with Crippen LogP contribution in [0.5, 0.6) is 0 Å². The first-order valence-corrected chi connectivity index (χ1v) is 8.26. The lowest BCUT2D eigenvalue weighted by atomic mass is 9.90. The number of carbonyl (C=O) groups excluding carboxylic acids is 2. The number of rotatable bonds is 2. The van der Waals surface area contributed by atoms with Crippen LogP contribution < -0.4 is 5.32 Å². The average Bonchev–Trinajstić information content (AvgIpc) is 2.53. The molecule has 1 fully saturated rings. The molecule has 2 amide bonds. The maximum Gasteiger partial charge on any atom is 0.416 e. The first-order chi connectivity index (χ1) is 11.5. The standard InChI is InChI=1S/C18H23F3N2O2/c1-17(2,3)16(25)23-9-7-12(8-10-23)15(24)22-14-6-4-5-13(11-14)18(19,20)21/h4-6,11-12H,7-10H2,1-3H3,(H,22,24). The van der Waals surface area contributed by atoms with Crippen molar-refractivity contribution in [2.24, 2.45) is 11.3 Å². The normalized spacial score (nSPS) is 16.6. The van der Waals surface area contributed by atoms with Crippen molar-refractivity contribution in [1.29, 1.82) is 0 Å². The SMILES string of the molecule is CC(C)(C)C(=O)N1CCC(C(=O)Nc2cccc(C(F)(F)F)c2)CC1. The molecule has 0 unspecified atom stereocenters. The minimum absolute atomic E-state index is 0.0456. The second kappa shape index (κ2) is 7.06. The molecule has 1 saturated heterocycles. The topological polar surface area (TPSA) is 49.4 Å². The fourth-order valence-corrected chi connectivity index (χ4v) is 2.84. The van der Waals surface area contributed by atoms with Crippen LogP contribution >= 0.6 is 0 Å². The highest BCUT2D eigenvalue weighted by molar-refractivity contribution is 5.93. The molecular weight excluding hydrogens is 333 g/mol. The summed E-state index contributed by atoms with van der Waals surface area (Å²) in [7, 11) is 0. The summed E-state index contributed by atoms with van der Waals surface area (Å²) in [5.41, 5.74) is -1.13. The van der Waals surface area contributed by atoms with Gasteiger partial charge in [-0.15, -0.1) is 0 Å². The van der Waals surface area contributed by atoms with E-state index in [2.05, 4.69) is 5.32 Å². The summed E-state index contributed by atoms with van der Waals surface area (Å²) >= 11 is 0. The zero-order chi connectivity index (χ0) is 18.8. The number of amides is 2. The van der Waals surface area contributed by atoms with Crippen molar-refractivity contribution < 1.29 is 22.8 Å². The Morgan fingerprint density at radius 2 is 1.72 bits per heavy atom. The van der Waals surface area contributed by atoms with Gasteiger partial charge >= 0.3 is 6.18 Å². The van der Waals surface area contributed by atoms with Gasteiger partial charge < -0.3 is 10.2 Å². The second-order valence-corrected chi connectivity index (χ2v) is 7.38. The van der Waals surface area contributed by atoms with E-state index in [1.54, 1.807) is 4.90 Å². The van der Waals surface area contributed by atoms with E-state index >= 15 is 0 Å². The minimum Gasteiger partial charge on any atom is -0.342 e. The predicted octanol–water partition coefficient (Wildman–Crippen LogP) is 3.93. The summed E-state index contributed by atoms with van der Waals surface area (Å²) < 4.78 is 38.2. The summed E-state index contributed by atoms with van der Waals surface area (Å²) in [6.45, 7) is 6.51. The molecule has 0 bridgehead atoms. The van der Waals surface area contributed by atoms with Crippen molar-refractivity contribution in [3.63, 3.8) is 0 Å². The van der Waals surface area contributed by atoms with E-state index in [-0.39, 0.29) is 23.4 Å². The summed E-state index contributed by atoms with van der Waals surface area (Å²) in [6.07, 6.45) is -3.43. The van der Waals surface area contributed by atoms with Gasteiger partial charge in [0, 0.05) is 30.1 Å². The number of piperidine rings is 1. The van der Waals surface area contributed by atoms with E-state index in [0.29, 0.717) is 25.9 Å². The van der Waals surface area contributed by atoms with Crippen LogP contribution in [0.4, 0.5) is 18.9 Å². The molecule has 0 spiro atoms. The lowest BCUT2D eigenvalue weighted by molar-refractivity contribution is -0.142. The smallest absolute Gasteiger partial charge is 0.342 e. The van der Waals surface area contributed by atoms with E-state index in [4.69, 9.17) is 0 Å². The molecule has 1 aromatic carbocycles. The minimum atomic E-state index is -4.45. The fraction of sp³-hybridized carbons (Fsp3) is 0.556. The zero-order valence-corrected chi connectivity index (χ0v) is 14.6. The number of likely N-dealkylation sites (tertiary alicyclic amines) is 1. The monoisotopic (exact) mass is 356 g/mol. The highest BCUT2D eigenvalue weighted by Gasteiger charge is 2.33. The lowest BCUT2D eigenvalue weighted by Crippen LogP contribution is -2.45. The molecule has 1 heterocycles. The van der Waals surface area contributed by atoms with Crippen molar-refractivity contribution in [2.45, 2.75) is 39.8 Å². The van der Waals surface area contributed by atoms with E-state index < -0.39 is 17.2 Å². The van der Waals surface area contributed by atoms with Crippen molar-refractivity contribution in [1.82, 2.24) is 4.90 Å². The van der Waals surface area contributed by atoms with Gasteiger partial charge in [-0.25, -0.2) is 0 Å². The van der Waals surface area contributed by atoms with Gasteiger partial charge in [-0.2, -0.15) is 13.2 Å². The summed E-state index contributed by atoms with van der Waals surface area (Å²) in [5, 5.41) is 2.56. The van der Waals surface area contributed by atoms with Crippen molar-refractivity contribution in [3.8, 4) is 0 Å². The highest BCUT2D eigenvalue weighted by atomic mass is 19.4. The number of hydrogen-bond donors (Lipinski definition) is 1. The molecule has 138 valence electrons. The van der Waals surface area contributed by atoms with Crippen molar-refractivity contribution in [3.05, 3.63) is 29.8 Å². The van der Waals surface area contributed by atoms with Gasteiger partial charge in [-0.1, -0.05) is 26.8 Å².